The van der Waals surface area contributed by atoms with Gasteiger partial charge < -0.3 is 10.2 Å². The summed E-state index contributed by atoms with van der Waals surface area (Å²) in [5, 5.41) is 0. The van der Waals surface area contributed by atoms with Crippen LogP contribution in [0.5, 0.6) is 0 Å². The van der Waals surface area contributed by atoms with Gasteiger partial charge in [0.1, 0.15) is 5.52 Å². The monoisotopic (exact) mass is 288 g/mol. The number of oxazole rings is 1. The van der Waals surface area contributed by atoms with Crippen LogP contribution in [-0.4, -0.2) is 16.7 Å². The molecular weight excluding hydrogens is 268 g/mol. The maximum absolute atomic E-state index is 12.6. The number of hydrogen-bond donors (Lipinski definition) is 1. The highest BCUT2D eigenvalue weighted by Gasteiger charge is 2.33. The first-order valence-corrected chi connectivity index (χ1v) is 7.27. The van der Waals surface area contributed by atoms with Gasteiger partial charge in [-0.25, -0.2) is 4.98 Å². The Hall–Kier alpha value is -2.17. The van der Waals surface area contributed by atoms with Gasteiger partial charge in [0.25, 0.3) is 5.89 Å². The molecule has 1 unspecified atom stereocenters. The summed E-state index contributed by atoms with van der Waals surface area (Å²) in [6, 6.07) is 7.21. The summed E-state index contributed by atoms with van der Waals surface area (Å²) < 4.78 is 5.52. The quantitative estimate of drug-likeness (QED) is 0.793. The van der Waals surface area contributed by atoms with Crippen LogP contribution in [0.3, 0.4) is 0 Å². The average molecular weight is 288 g/mol. The molecule has 0 bridgehead atoms. The summed E-state index contributed by atoms with van der Waals surface area (Å²) in [6.07, 6.45) is 1.92. The van der Waals surface area contributed by atoms with Crippen molar-refractivity contribution in [2.75, 3.05) is 0 Å². The zero-order chi connectivity index (χ0) is 15.4. The van der Waals surface area contributed by atoms with Gasteiger partial charge >= 0.3 is 0 Å². The number of para-hydroxylation sites is 2. The Morgan fingerprint density at radius 3 is 2.52 bits per heavy atom. The maximum atomic E-state index is 12.6. The number of aromatic nitrogens is 1. The molecule has 2 aromatic rings. The Labute approximate surface area is 123 Å². The molecule has 0 aliphatic rings. The molecule has 1 heterocycles. The largest absolute Gasteiger partial charge is 0.434 e. The molecule has 21 heavy (non-hydrogen) atoms. The van der Waals surface area contributed by atoms with E-state index in [0.29, 0.717) is 23.9 Å². The zero-order valence-corrected chi connectivity index (χ0v) is 12.3. The summed E-state index contributed by atoms with van der Waals surface area (Å²) in [4.78, 5) is 28.4. The van der Waals surface area contributed by atoms with E-state index in [0.717, 1.165) is 6.42 Å². The van der Waals surface area contributed by atoms with Gasteiger partial charge in [-0.05, 0) is 25.0 Å². The van der Waals surface area contributed by atoms with Gasteiger partial charge in [0, 0.05) is 11.8 Å². The number of Topliss-reactive ketones (excluding diaryl/α,β-unsaturated/α-hetero) is 1. The number of fused-ring (bicyclic) bond motifs is 1. The van der Waals surface area contributed by atoms with E-state index < -0.39 is 17.7 Å². The minimum Gasteiger partial charge on any atom is -0.434 e. The molecule has 0 radical (unpaired) electrons. The number of nitrogens with two attached hydrogens (primary N) is 1. The van der Waals surface area contributed by atoms with Crippen LogP contribution in [0.2, 0.25) is 0 Å². The maximum Gasteiger partial charge on any atom is 0.264 e. The van der Waals surface area contributed by atoms with Gasteiger partial charge in [-0.3, -0.25) is 9.59 Å². The molecule has 0 spiro atoms. The number of carbonyl (C=O) groups is 2. The van der Waals surface area contributed by atoms with E-state index in [1.807, 2.05) is 26.0 Å². The lowest BCUT2D eigenvalue weighted by Crippen LogP contribution is -2.34. The molecule has 1 aromatic carbocycles. The number of rotatable bonds is 7. The van der Waals surface area contributed by atoms with Crippen molar-refractivity contribution in [1.82, 2.24) is 4.98 Å². The Morgan fingerprint density at radius 2 is 1.95 bits per heavy atom. The SMILES string of the molecule is CCC[C@H](C(=O)c1nc2ccccc2o1)C(CC)C(N)=O. The van der Waals surface area contributed by atoms with E-state index in [1.165, 1.54) is 0 Å². The summed E-state index contributed by atoms with van der Waals surface area (Å²) >= 11 is 0. The second-order valence-corrected chi connectivity index (χ2v) is 5.16. The molecule has 0 aliphatic heterocycles. The van der Waals surface area contributed by atoms with Crippen LogP contribution >= 0.6 is 0 Å². The summed E-state index contributed by atoms with van der Waals surface area (Å²) in [6.45, 7) is 3.83. The third-order valence-electron chi connectivity index (χ3n) is 3.73. The lowest BCUT2D eigenvalue weighted by molar-refractivity contribution is -0.123. The normalized spacial score (nSPS) is 14.0. The number of ketones is 1. The summed E-state index contributed by atoms with van der Waals surface area (Å²) in [5.41, 5.74) is 6.64. The first kappa shape index (κ1) is 15.2. The van der Waals surface area contributed by atoms with Crippen molar-refractivity contribution in [2.45, 2.75) is 33.1 Å². The number of primary amides is 1. The van der Waals surface area contributed by atoms with Crippen LogP contribution in [0.1, 0.15) is 43.8 Å². The minimum absolute atomic E-state index is 0.0642. The Kier molecular flexibility index (Phi) is 4.73. The fourth-order valence-electron chi connectivity index (χ4n) is 2.65. The standard InChI is InChI=1S/C16H20N2O3/c1-3-7-11(10(4-2)15(17)20)14(19)16-18-12-8-5-6-9-13(12)21-16/h5-6,8-11H,3-4,7H2,1-2H3,(H2,17,20)/t10?,11-/m0/s1. The van der Waals surface area contributed by atoms with Gasteiger partial charge in [0.15, 0.2) is 5.58 Å². The van der Waals surface area contributed by atoms with Gasteiger partial charge in [-0.2, -0.15) is 0 Å². The van der Waals surface area contributed by atoms with Gasteiger partial charge in [0.05, 0.1) is 0 Å². The van der Waals surface area contributed by atoms with Crippen LogP contribution in [0, 0.1) is 11.8 Å². The number of nitrogens with zero attached hydrogens (tertiary/aromatic N) is 1. The Bertz CT molecular complexity index is 615. The highest BCUT2D eigenvalue weighted by molar-refractivity contribution is 5.98. The van der Waals surface area contributed by atoms with Gasteiger partial charge in [-0.1, -0.05) is 32.4 Å². The molecule has 5 heteroatoms. The Balaban J connectivity index is 2.35. The smallest absolute Gasteiger partial charge is 0.264 e. The van der Waals surface area contributed by atoms with Gasteiger partial charge in [0.2, 0.25) is 11.7 Å². The predicted octanol–water partition coefficient (Wildman–Crippen LogP) is 2.94. The number of carbonyl (C=O) groups excluding carboxylic acids is 2. The van der Waals surface area contributed by atoms with E-state index in [4.69, 9.17) is 10.2 Å². The predicted molar refractivity (Wildman–Crippen MR) is 79.7 cm³/mol. The molecule has 2 atom stereocenters. The highest BCUT2D eigenvalue weighted by atomic mass is 16.4. The van der Waals surface area contributed by atoms with Crippen molar-refractivity contribution < 1.29 is 14.0 Å². The molecule has 2 N–H and O–H groups in total. The van der Waals surface area contributed by atoms with Crippen LogP contribution < -0.4 is 5.73 Å². The lowest BCUT2D eigenvalue weighted by Gasteiger charge is -2.20. The zero-order valence-electron chi connectivity index (χ0n) is 12.3. The molecular formula is C16H20N2O3. The van der Waals surface area contributed by atoms with Crippen molar-refractivity contribution >= 4 is 22.8 Å². The van der Waals surface area contributed by atoms with E-state index >= 15 is 0 Å². The molecule has 1 amide bonds. The molecule has 112 valence electrons. The molecule has 0 aliphatic carbocycles. The third-order valence-corrected chi connectivity index (χ3v) is 3.73. The molecule has 0 fully saturated rings. The van der Waals surface area contributed by atoms with Gasteiger partial charge in [-0.15, -0.1) is 0 Å². The van der Waals surface area contributed by atoms with Crippen molar-refractivity contribution in [1.29, 1.82) is 0 Å². The third kappa shape index (κ3) is 3.12. The average Bonchev–Trinajstić information content (AvgIpc) is 2.90. The lowest BCUT2D eigenvalue weighted by atomic mass is 9.83. The molecule has 5 nitrogen and oxygen atoms in total. The number of hydrogen-bond acceptors (Lipinski definition) is 4. The van der Waals surface area contributed by atoms with E-state index in [2.05, 4.69) is 4.98 Å². The topological polar surface area (TPSA) is 86.2 Å². The second kappa shape index (κ2) is 6.52. The van der Waals surface area contributed by atoms with E-state index in [9.17, 15) is 9.59 Å². The molecule has 2 rings (SSSR count). The van der Waals surface area contributed by atoms with Crippen molar-refractivity contribution in [3.05, 3.63) is 30.2 Å². The van der Waals surface area contributed by atoms with E-state index in [1.54, 1.807) is 12.1 Å². The fraction of sp³-hybridized carbons (Fsp3) is 0.438. The van der Waals surface area contributed by atoms with Crippen molar-refractivity contribution in [2.24, 2.45) is 17.6 Å². The molecule has 1 aromatic heterocycles. The summed E-state index contributed by atoms with van der Waals surface area (Å²) in [7, 11) is 0. The first-order chi connectivity index (χ1) is 10.1. The van der Waals surface area contributed by atoms with Crippen LogP contribution in [0.15, 0.2) is 28.7 Å². The number of amides is 1. The minimum atomic E-state index is -0.479. The molecule has 0 saturated carbocycles. The number of benzene rings is 1. The van der Waals surface area contributed by atoms with Crippen LogP contribution in [0.4, 0.5) is 0 Å². The fourth-order valence-corrected chi connectivity index (χ4v) is 2.65. The van der Waals surface area contributed by atoms with Crippen LogP contribution in [-0.2, 0) is 4.79 Å². The molecule has 0 saturated heterocycles. The highest BCUT2D eigenvalue weighted by Crippen LogP contribution is 2.26. The second-order valence-electron chi connectivity index (χ2n) is 5.16. The van der Waals surface area contributed by atoms with Crippen LogP contribution in [0.25, 0.3) is 11.1 Å². The van der Waals surface area contributed by atoms with E-state index in [-0.39, 0.29) is 11.7 Å². The Morgan fingerprint density at radius 1 is 1.24 bits per heavy atom. The van der Waals surface area contributed by atoms with Crippen molar-refractivity contribution in [3.63, 3.8) is 0 Å². The van der Waals surface area contributed by atoms with Crippen molar-refractivity contribution in [3.8, 4) is 0 Å². The first-order valence-electron chi connectivity index (χ1n) is 7.27. The summed E-state index contributed by atoms with van der Waals surface area (Å²) in [5.74, 6) is -1.56.